The first-order chi connectivity index (χ1) is 17.5. The molecule has 0 radical (unpaired) electrons. The highest BCUT2D eigenvalue weighted by atomic mass is 19.4. The van der Waals surface area contributed by atoms with Crippen molar-refractivity contribution in [1.29, 1.82) is 0 Å². The van der Waals surface area contributed by atoms with Gasteiger partial charge in [-0.1, -0.05) is 12.1 Å². The number of aromatic nitrogens is 2. The number of nitrogens with zero attached hydrogens (tertiary/aromatic N) is 4. The van der Waals surface area contributed by atoms with E-state index in [0.29, 0.717) is 18.5 Å². The van der Waals surface area contributed by atoms with Gasteiger partial charge in [0.1, 0.15) is 12.5 Å². The molecule has 2 aromatic rings. The molecule has 13 heteroatoms. The van der Waals surface area contributed by atoms with E-state index in [4.69, 9.17) is 5.73 Å². The third-order valence-corrected chi connectivity index (χ3v) is 6.89. The molecule has 4 N–H and O–H groups in total. The zero-order valence-corrected chi connectivity index (χ0v) is 20.0. The van der Waals surface area contributed by atoms with Crippen molar-refractivity contribution in [3.63, 3.8) is 0 Å². The van der Waals surface area contributed by atoms with Crippen LogP contribution in [0.15, 0.2) is 30.6 Å². The van der Waals surface area contributed by atoms with Crippen molar-refractivity contribution < 1.29 is 31.9 Å². The molecule has 2 aliphatic rings. The number of anilines is 2. The van der Waals surface area contributed by atoms with Crippen molar-refractivity contribution in [3.05, 3.63) is 47.5 Å². The lowest BCUT2D eigenvalue weighted by molar-refractivity contribution is -0.137. The van der Waals surface area contributed by atoms with Crippen molar-refractivity contribution in [1.82, 2.24) is 14.9 Å². The summed E-state index contributed by atoms with van der Waals surface area (Å²) in [7, 11) is 0. The first kappa shape index (κ1) is 27.0. The minimum absolute atomic E-state index is 0.0416. The third kappa shape index (κ3) is 6.63. The highest BCUT2D eigenvalue weighted by Gasteiger charge is 2.37. The Kier molecular flexibility index (Phi) is 8.12. The second-order valence-electron chi connectivity index (χ2n) is 9.60. The maximum Gasteiger partial charge on any atom is 0.416 e. The molecule has 0 unspecified atom stereocenters. The number of piperidine rings is 1. The summed E-state index contributed by atoms with van der Waals surface area (Å²) in [5, 5.41) is 13.4. The summed E-state index contributed by atoms with van der Waals surface area (Å²) < 4.78 is 67.9. The Morgan fingerprint density at radius 3 is 2.51 bits per heavy atom. The van der Waals surface area contributed by atoms with Crippen LogP contribution in [-0.4, -0.2) is 70.4 Å². The van der Waals surface area contributed by atoms with Gasteiger partial charge in [-0.15, -0.1) is 0 Å². The van der Waals surface area contributed by atoms with Crippen molar-refractivity contribution in [2.24, 2.45) is 11.7 Å². The van der Waals surface area contributed by atoms with Crippen LogP contribution in [-0.2, 0) is 17.5 Å². The van der Waals surface area contributed by atoms with E-state index in [2.05, 4.69) is 15.3 Å². The van der Waals surface area contributed by atoms with Crippen LogP contribution >= 0.6 is 0 Å². The number of carbonyl (C=O) groups is 1. The van der Waals surface area contributed by atoms with Gasteiger partial charge in [-0.3, -0.25) is 9.69 Å². The largest absolute Gasteiger partial charge is 0.416 e. The number of amides is 1. The van der Waals surface area contributed by atoms with Gasteiger partial charge in [0.15, 0.2) is 11.6 Å². The molecule has 1 aromatic heterocycles. The standard InChI is InChI=1S/C24H29F5N6O2/c25-17-7-18(8-17)35(10-14-1-3-16(4-2-14)24(27,28)29)23-21(26)22(32-13-33-23)31-9-15-5-6-34(11-19(15)36)12-20(30)37/h1-4,13,15,17-19,36H,5-12H2,(H2,30,37)(H,31,32,33)/t15-,17-,18-,19+/m0/s1. The van der Waals surface area contributed by atoms with Gasteiger partial charge in [-0.2, -0.15) is 17.6 Å². The zero-order chi connectivity index (χ0) is 26.7. The van der Waals surface area contributed by atoms with E-state index < -0.39 is 35.7 Å². The molecule has 37 heavy (non-hydrogen) atoms. The summed E-state index contributed by atoms with van der Waals surface area (Å²) in [5.41, 5.74) is 4.91. The number of carbonyl (C=O) groups excluding carboxylic acids is 1. The van der Waals surface area contributed by atoms with Crippen molar-refractivity contribution in [2.45, 2.75) is 50.3 Å². The average molecular weight is 529 g/mol. The third-order valence-electron chi connectivity index (χ3n) is 6.89. The van der Waals surface area contributed by atoms with E-state index >= 15 is 4.39 Å². The lowest BCUT2D eigenvalue weighted by Crippen LogP contribution is -2.48. The van der Waals surface area contributed by atoms with E-state index in [9.17, 15) is 27.5 Å². The summed E-state index contributed by atoms with van der Waals surface area (Å²) in [6.45, 7) is 1.13. The van der Waals surface area contributed by atoms with Gasteiger partial charge < -0.3 is 21.1 Å². The Balaban J connectivity index is 1.46. The summed E-state index contributed by atoms with van der Waals surface area (Å²) in [4.78, 5) is 22.5. The number of primary amides is 1. The molecule has 1 aromatic carbocycles. The molecule has 1 saturated carbocycles. The van der Waals surface area contributed by atoms with Crippen molar-refractivity contribution in [3.8, 4) is 0 Å². The first-order valence-electron chi connectivity index (χ1n) is 12.0. The fraction of sp³-hybridized carbons (Fsp3) is 0.542. The summed E-state index contributed by atoms with van der Waals surface area (Å²) in [5.74, 6) is -1.64. The van der Waals surface area contributed by atoms with E-state index in [-0.39, 0.29) is 62.6 Å². The molecular weight excluding hydrogens is 499 g/mol. The highest BCUT2D eigenvalue weighted by molar-refractivity contribution is 5.75. The zero-order valence-electron chi connectivity index (χ0n) is 20.0. The van der Waals surface area contributed by atoms with E-state index in [1.165, 1.54) is 12.1 Å². The van der Waals surface area contributed by atoms with Crippen LogP contribution in [0.25, 0.3) is 0 Å². The molecule has 1 amide bonds. The molecule has 4 rings (SSSR count). The number of alkyl halides is 4. The number of aliphatic hydroxyl groups is 1. The number of hydrogen-bond acceptors (Lipinski definition) is 7. The minimum Gasteiger partial charge on any atom is -0.391 e. The smallest absolute Gasteiger partial charge is 0.391 e. The van der Waals surface area contributed by atoms with Gasteiger partial charge in [-0.25, -0.2) is 14.4 Å². The predicted octanol–water partition coefficient (Wildman–Crippen LogP) is 2.72. The van der Waals surface area contributed by atoms with Gasteiger partial charge in [-0.05, 0) is 43.5 Å². The number of hydrogen-bond donors (Lipinski definition) is 3. The molecule has 0 bridgehead atoms. The number of likely N-dealkylation sites (tertiary alicyclic amines) is 1. The number of nitrogens with one attached hydrogen (secondary N) is 1. The summed E-state index contributed by atoms with van der Waals surface area (Å²) >= 11 is 0. The van der Waals surface area contributed by atoms with Gasteiger partial charge in [0, 0.05) is 31.6 Å². The molecule has 2 fully saturated rings. The highest BCUT2D eigenvalue weighted by Crippen LogP contribution is 2.35. The maximum absolute atomic E-state index is 15.5. The second-order valence-corrected chi connectivity index (χ2v) is 9.60. The lowest BCUT2D eigenvalue weighted by Gasteiger charge is -2.40. The number of aliphatic hydroxyl groups excluding tert-OH is 1. The molecular formula is C24H29F5N6O2. The summed E-state index contributed by atoms with van der Waals surface area (Å²) in [6, 6.07) is 4.16. The van der Waals surface area contributed by atoms with Crippen LogP contribution in [0.1, 0.15) is 30.4 Å². The van der Waals surface area contributed by atoms with Crippen LogP contribution in [0.4, 0.5) is 33.6 Å². The summed E-state index contributed by atoms with van der Waals surface area (Å²) in [6.07, 6.45) is -4.23. The normalized spacial score (nSPS) is 24.4. The Morgan fingerprint density at radius 2 is 1.92 bits per heavy atom. The van der Waals surface area contributed by atoms with Gasteiger partial charge in [0.25, 0.3) is 0 Å². The monoisotopic (exact) mass is 528 g/mol. The molecule has 0 spiro atoms. The topological polar surface area (TPSA) is 108 Å². The van der Waals surface area contributed by atoms with Crippen molar-refractivity contribution >= 4 is 17.5 Å². The SMILES string of the molecule is NC(=O)CN1CC[C@@H](CNc2ncnc(N(Cc3ccc(C(F)(F)F)cc3)[C@H]3C[C@H](F)C3)c2F)[C@H](O)C1. The molecule has 8 nitrogen and oxygen atoms in total. The first-order valence-corrected chi connectivity index (χ1v) is 12.0. The average Bonchev–Trinajstić information content (AvgIpc) is 2.80. The second kappa shape index (κ2) is 11.1. The lowest BCUT2D eigenvalue weighted by atomic mass is 9.89. The Bertz CT molecular complexity index is 1080. The van der Waals surface area contributed by atoms with E-state index in [1.807, 2.05) is 0 Å². The van der Waals surface area contributed by atoms with E-state index in [1.54, 1.807) is 9.80 Å². The van der Waals surface area contributed by atoms with E-state index in [0.717, 1.165) is 18.5 Å². The molecule has 1 aliphatic carbocycles. The van der Waals surface area contributed by atoms with Crippen LogP contribution in [0.2, 0.25) is 0 Å². The van der Waals surface area contributed by atoms with Crippen LogP contribution in [0.3, 0.4) is 0 Å². The Hall–Kier alpha value is -3.06. The van der Waals surface area contributed by atoms with Gasteiger partial charge in [0.05, 0.1) is 18.2 Å². The van der Waals surface area contributed by atoms with Crippen LogP contribution < -0.4 is 16.0 Å². The Morgan fingerprint density at radius 1 is 1.22 bits per heavy atom. The molecule has 2 heterocycles. The number of nitrogens with two attached hydrogens (primary N) is 1. The van der Waals surface area contributed by atoms with Gasteiger partial charge >= 0.3 is 6.18 Å². The fourth-order valence-corrected chi connectivity index (χ4v) is 4.71. The number of β-amino-alcohol motifs (C(OH)–C–C–N with tert-alkyl or cyclic N) is 1. The van der Waals surface area contributed by atoms with Crippen molar-refractivity contribution in [2.75, 3.05) is 36.4 Å². The minimum atomic E-state index is -4.47. The van der Waals surface area contributed by atoms with Crippen LogP contribution in [0.5, 0.6) is 0 Å². The molecule has 2 atom stereocenters. The fourth-order valence-electron chi connectivity index (χ4n) is 4.71. The molecule has 1 saturated heterocycles. The number of halogens is 5. The Labute approximate surface area is 210 Å². The van der Waals surface area contributed by atoms with Gasteiger partial charge in [0.2, 0.25) is 11.7 Å². The number of rotatable bonds is 9. The van der Waals surface area contributed by atoms with Crippen LogP contribution in [0, 0.1) is 11.7 Å². The molecule has 1 aliphatic heterocycles. The predicted molar refractivity (Wildman–Crippen MR) is 126 cm³/mol. The maximum atomic E-state index is 15.5. The molecule has 202 valence electrons. The quantitative estimate of drug-likeness (QED) is 0.430. The number of benzene rings is 1.